The summed E-state index contributed by atoms with van der Waals surface area (Å²) in [6.07, 6.45) is 1.60. The Balaban J connectivity index is 2.02. The van der Waals surface area contributed by atoms with Crippen molar-refractivity contribution in [1.82, 2.24) is 9.67 Å². The van der Waals surface area contributed by atoms with E-state index in [1.807, 2.05) is 30.3 Å². The van der Waals surface area contributed by atoms with Crippen LogP contribution in [0.2, 0.25) is 0 Å². The van der Waals surface area contributed by atoms with Gasteiger partial charge in [0.2, 0.25) is 0 Å². The number of benzene rings is 2. The van der Waals surface area contributed by atoms with Crippen LogP contribution < -0.4 is 10.4 Å². The van der Waals surface area contributed by atoms with Crippen molar-refractivity contribution in [2.24, 2.45) is 0 Å². The lowest BCUT2D eigenvalue weighted by Crippen LogP contribution is -2.33. The highest BCUT2D eigenvalue weighted by Gasteiger charge is 2.15. The summed E-state index contributed by atoms with van der Waals surface area (Å²) in [5, 5.41) is 13.3. The summed E-state index contributed by atoms with van der Waals surface area (Å²) in [5.41, 5.74) is 1.03. The van der Waals surface area contributed by atoms with Gasteiger partial charge < -0.3 is 0 Å². The third-order valence-electron chi connectivity index (χ3n) is 3.04. The van der Waals surface area contributed by atoms with Crippen LogP contribution in [-0.2, 0) is 0 Å². The molecule has 0 fully saturated rings. The topological polar surface area (TPSA) is 84.8 Å². The van der Waals surface area contributed by atoms with Crippen LogP contribution in [0.25, 0.3) is 11.4 Å². The van der Waals surface area contributed by atoms with E-state index in [0.29, 0.717) is 5.69 Å². The Bertz CT molecular complexity index is 835. The average molecular weight is 283 g/mol. The van der Waals surface area contributed by atoms with Crippen LogP contribution in [0.4, 0.5) is 5.69 Å². The van der Waals surface area contributed by atoms with E-state index in [2.05, 4.69) is 5.10 Å². The van der Waals surface area contributed by atoms with Crippen LogP contribution in [0, 0.1) is 10.1 Å². The maximum atomic E-state index is 12.0. The summed E-state index contributed by atoms with van der Waals surface area (Å²) in [7, 11) is 0. The summed E-state index contributed by atoms with van der Waals surface area (Å²) in [5.74, 6) is 0. The van der Waals surface area contributed by atoms with E-state index in [0.717, 1.165) is 5.69 Å². The van der Waals surface area contributed by atoms with E-state index in [1.165, 1.54) is 28.8 Å². The first-order valence-corrected chi connectivity index (χ1v) is 6.19. The van der Waals surface area contributed by atoms with E-state index in [4.69, 9.17) is 0 Å². The smallest absolute Gasteiger partial charge is 0.258 e. The Kier molecular flexibility index (Phi) is 3.07. The fourth-order valence-electron chi connectivity index (χ4n) is 1.99. The Morgan fingerprint density at radius 1 is 1.05 bits per heavy atom. The second-order valence-corrected chi connectivity index (χ2v) is 4.38. The lowest BCUT2D eigenvalue weighted by Gasteiger charge is -1.94. The molecule has 0 saturated heterocycles. The molecule has 1 aromatic heterocycles. The third-order valence-corrected chi connectivity index (χ3v) is 3.04. The molecule has 0 radical (unpaired) electrons. The molecule has 0 amide bonds. The van der Waals surface area contributed by atoms with Gasteiger partial charge in [0.1, 0.15) is 5.69 Å². The highest BCUT2D eigenvalue weighted by atomic mass is 16.6. The van der Waals surface area contributed by atoms with Gasteiger partial charge in [0.25, 0.3) is 12.0 Å². The summed E-state index contributed by atoms with van der Waals surface area (Å²) in [6.45, 7) is 0. The summed E-state index contributed by atoms with van der Waals surface area (Å²) in [6, 6.07) is 15.1. The van der Waals surface area contributed by atoms with Crippen molar-refractivity contribution in [3.05, 3.63) is 81.5 Å². The van der Waals surface area contributed by atoms with Gasteiger partial charge in [-0.2, -0.15) is 0 Å². The summed E-state index contributed by atoms with van der Waals surface area (Å²) < 4.78 is 2.97. The zero-order chi connectivity index (χ0) is 14.8. The summed E-state index contributed by atoms with van der Waals surface area (Å²) >= 11 is 0. The molecule has 0 atom stereocenters. The predicted molar refractivity (Wildman–Crippen MR) is 74.6 cm³/mol. The van der Waals surface area contributed by atoms with Crippen molar-refractivity contribution in [3.63, 3.8) is 0 Å². The van der Waals surface area contributed by atoms with Gasteiger partial charge in [-0.25, -0.2) is 4.79 Å². The number of nitro groups is 1. The Hall–Kier alpha value is -3.22. The van der Waals surface area contributed by atoms with Crippen LogP contribution >= 0.6 is 0 Å². The SMILES string of the molecule is O=c1[nH][n+](-c2ccccc2)cn1-c1ccc([N+](=O)[O-])cc1. The molecule has 1 heterocycles. The van der Waals surface area contributed by atoms with E-state index in [-0.39, 0.29) is 11.4 Å². The Morgan fingerprint density at radius 2 is 1.71 bits per heavy atom. The summed E-state index contributed by atoms with van der Waals surface area (Å²) in [4.78, 5) is 22.1. The van der Waals surface area contributed by atoms with Gasteiger partial charge in [-0.05, 0) is 24.3 Å². The zero-order valence-corrected chi connectivity index (χ0v) is 10.8. The van der Waals surface area contributed by atoms with Crippen LogP contribution in [0.15, 0.2) is 65.7 Å². The molecule has 1 N–H and O–H groups in total. The first kappa shape index (κ1) is 12.8. The minimum atomic E-state index is -0.478. The molecule has 0 spiro atoms. The number of non-ortho nitro benzene ring substituents is 1. The van der Waals surface area contributed by atoms with E-state index < -0.39 is 4.92 Å². The van der Waals surface area contributed by atoms with Crippen LogP contribution in [0.3, 0.4) is 0 Å². The van der Waals surface area contributed by atoms with E-state index >= 15 is 0 Å². The highest BCUT2D eigenvalue weighted by Crippen LogP contribution is 2.13. The van der Waals surface area contributed by atoms with Gasteiger partial charge >= 0.3 is 5.69 Å². The molecule has 21 heavy (non-hydrogen) atoms. The molecular formula is C14H11N4O3+. The number of hydrogen-bond donors (Lipinski definition) is 1. The molecule has 3 rings (SSSR count). The van der Waals surface area contributed by atoms with Crippen molar-refractivity contribution in [2.75, 3.05) is 0 Å². The molecule has 0 aliphatic heterocycles. The fourth-order valence-corrected chi connectivity index (χ4v) is 1.99. The van der Waals surface area contributed by atoms with E-state index in [9.17, 15) is 14.9 Å². The van der Waals surface area contributed by atoms with Crippen molar-refractivity contribution >= 4 is 5.69 Å². The number of nitrogens with zero attached hydrogens (tertiary/aromatic N) is 3. The minimum absolute atomic E-state index is 0.0155. The lowest BCUT2D eigenvalue weighted by atomic mass is 10.3. The molecule has 0 bridgehead atoms. The molecular weight excluding hydrogens is 272 g/mol. The van der Waals surface area contributed by atoms with Crippen LogP contribution in [0.5, 0.6) is 0 Å². The minimum Gasteiger partial charge on any atom is -0.258 e. The molecule has 0 unspecified atom stereocenters. The number of aromatic nitrogens is 3. The average Bonchev–Trinajstić information content (AvgIpc) is 2.90. The van der Waals surface area contributed by atoms with Gasteiger partial charge in [0.05, 0.1) is 4.92 Å². The molecule has 0 aliphatic rings. The second kappa shape index (κ2) is 5.04. The number of nitro benzene ring substituents is 1. The first-order valence-electron chi connectivity index (χ1n) is 6.19. The van der Waals surface area contributed by atoms with Crippen molar-refractivity contribution < 1.29 is 9.61 Å². The largest absolute Gasteiger partial charge is 0.449 e. The third kappa shape index (κ3) is 2.44. The quantitative estimate of drug-likeness (QED) is 0.447. The molecule has 2 aromatic carbocycles. The maximum Gasteiger partial charge on any atom is 0.449 e. The predicted octanol–water partition coefficient (Wildman–Crippen LogP) is 1.35. The maximum absolute atomic E-state index is 12.0. The van der Waals surface area contributed by atoms with Gasteiger partial charge in [0.15, 0.2) is 5.69 Å². The number of rotatable bonds is 3. The van der Waals surface area contributed by atoms with Gasteiger partial charge in [-0.15, -0.1) is 14.3 Å². The molecule has 0 aliphatic carbocycles. The van der Waals surface area contributed by atoms with Crippen LogP contribution in [0.1, 0.15) is 0 Å². The number of hydrogen-bond acceptors (Lipinski definition) is 3. The van der Waals surface area contributed by atoms with Gasteiger partial charge in [0, 0.05) is 12.1 Å². The zero-order valence-electron chi connectivity index (χ0n) is 10.8. The molecule has 7 heteroatoms. The Labute approximate surface area is 118 Å². The second-order valence-electron chi connectivity index (χ2n) is 4.38. The van der Waals surface area contributed by atoms with Gasteiger partial charge in [-0.1, -0.05) is 18.2 Å². The highest BCUT2D eigenvalue weighted by molar-refractivity contribution is 5.40. The number of H-pyrrole nitrogens is 1. The molecule has 0 saturated carbocycles. The van der Waals surface area contributed by atoms with Gasteiger partial charge in [-0.3, -0.25) is 10.1 Å². The fraction of sp³-hybridized carbons (Fsp3) is 0. The van der Waals surface area contributed by atoms with Crippen molar-refractivity contribution in [3.8, 4) is 11.4 Å². The molecule has 7 nitrogen and oxygen atoms in total. The van der Waals surface area contributed by atoms with Crippen LogP contribution in [-0.4, -0.2) is 14.6 Å². The molecule has 104 valence electrons. The lowest BCUT2D eigenvalue weighted by molar-refractivity contribution is -0.658. The molecule has 3 aromatic rings. The first-order chi connectivity index (χ1) is 10.1. The number of para-hydroxylation sites is 1. The van der Waals surface area contributed by atoms with Crippen molar-refractivity contribution in [2.45, 2.75) is 0 Å². The Morgan fingerprint density at radius 3 is 2.33 bits per heavy atom. The van der Waals surface area contributed by atoms with E-state index in [1.54, 1.807) is 11.0 Å². The normalized spacial score (nSPS) is 10.5. The number of aromatic amines is 1. The standard InChI is InChI=1S/C14H10N4O3/c19-14-15-17(12-4-2-1-3-5-12)10-16(14)11-6-8-13(9-7-11)18(20)21/h1-10H/p+1. The number of nitrogens with one attached hydrogen (secondary N) is 1. The van der Waals surface area contributed by atoms with Crippen molar-refractivity contribution in [1.29, 1.82) is 0 Å². The monoisotopic (exact) mass is 283 g/mol.